The van der Waals surface area contributed by atoms with Gasteiger partial charge in [0.25, 0.3) is 0 Å². The molecule has 0 unspecified atom stereocenters. The zero-order valence-corrected chi connectivity index (χ0v) is 15.9. The Balaban J connectivity index is 1.87. The molecule has 0 saturated carbocycles. The number of rotatable bonds is 3. The van der Waals surface area contributed by atoms with Crippen LogP contribution in [0, 0.1) is 13.8 Å². The molecule has 2 heterocycles. The van der Waals surface area contributed by atoms with Crippen molar-refractivity contribution in [1.82, 2.24) is 4.98 Å². The third-order valence-corrected chi connectivity index (χ3v) is 4.93. The number of halogens is 3. The lowest BCUT2D eigenvalue weighted by atomic mass is 9.90. The predicted octanol–water partition coefficient (Wildman–Crippen LogP) is 4.02. The molecule has 0 bridgehead atoms. The number of hydrogen-bond acceptors (Lipinski definition) is 3. The highest BCUT2D eigenvalue weighted by molar-refractivity contribution is 6.04. The maximum absolute atomic E-state index is 12.5. The first-order chi connectivity index (χ1) is 12.9. The van der Waals surface area contributed by atoms with E-state index in [1.54, 1.807) is 27.7 Å². The van der Waals surface area contributed by atoms with E-state index in [2.05, 4.69) is 10.3 Å². The minimum atomic E-state index is -4.94. The number of carbonyl (C=O) groups is 2. The number of aromatic nitrogens is 1. The summed E-state index contributed by atoms with van der Waals surface area (Å²) in [6.07, 6.45) is -4.48. The van der Waals surface area contributed by atoms with Gasteiger partial charge < -0.3 is 10.6 Å². The average molecular weight is 391 g/mol. The van der Waals surface area contributed by atoms with Crippen molar-refractivity contribution >= 4 is 23.2 Å². The van der Waals surface area contributed by atoms with Crippen molar-refractivity contribution in [2.24, 2.45) is 0 Å². The van der Waals surface area contributed by atoms with Crippen molar-refractivity contribution in [2.75, 3.05) is 10.6 Å². The van der Waals surface area contributed by atoms with Crippen molar-refractivity contribution in [3.63, 3.8) is 0 Å². The summed E-state index contributed by atoms with van der Waals surface area (Å²) in [5.74, 6) is -2.11. The van der Waals surface area contributed by atoms with Crippen LogP contribution in [0.15, 0.2) is 24.3 Å². The Morgan fingerprint density at radius 3 is 2.36 bits per heavy atom. The number of carbonyl (C=O) groups excluding carboxylic acids is 2. The van der Waals surface area contributed by atoms with E-state index in [1.807, 2.05) is 17.4 Å². The number of nitrogens with zero attached hydrogens (tertiary/aromatic N) is 1. The van der Waals surface area contributed by atoms with Crippen molar-refractivity contribution in [2.45, 2.75) is 45.7 Å². The highest BCUT2D eigenvalue weighted by atomic mass is 19.4. The van der Waals surface area contributed by atoms with Crippen molar-refractivity contribution in [3.8, 4) is 0 Å². The standard InChI is InChI=1S/C20H20F3N3O2/c1-10-7-13(25-18(28)20(21,22)23)8-11(2)14(10)9-12-5-6-15-16(24-12)19(3,4)17(27)26-15/h5-8H,9H2,1-4H3,(H,25,28)(H,26,27). The molecule has 0 spiro atoms. The van der Waals surface area contributed by atoms with E-state index in [0.29, 0.717) is 17.8 Å². The van der Waals surface area contributed by atoms with Gasteiger partial charge in [0.15, 0.2) is 0 Å². The number of amides is 2. The quantitative estimate of drug-likeness (QED) is 0.830. The molecule has 1 aromatic heterocycles. The Hall–Kier alpha value is -2.90. The van der Waals surface area contributed by atoms with Gasteiger partial charge >= 0.3 is 12.1 Å². The summed E-state index contributed by atoms with van der Waals surface area (Å²) in [5.41, 5.74) is 3.90. The summed E-state index contributed by atoms with van der Waals surface area (Å²) in [4.78, 5) is 27.8. The summed E-state index contributed by atoms with van der Waals surface area (Å²) >= 11 is 0. The SMILES string of the molecule is Cc1cc(NC(=O)C(F)(F)F)cc(C)c1Cc1ccc2c(n1)C(C)(C)C(=O)N2. The van der Waals surface area contributed by atoms with E-state index in [9.17, 15) is 22.8 Å². The van der Waals surface area contributed by atoms with Crippen LogP contribution >= 0.6 is 0 Å². The number of benzene rings is 1. The lowest BCUT2D eigenvalue weighted by Crippen LogP contribution is -2.30. The largest absolute Gasteiger partial charge is 0.471 e. The van der Waals surface area contributed by atoms with Gasteiger partial charge in [0.1, 0.15) is 0 Å². The molecule has 0 radical (unpaired) electrons. The molecule has 148 valence electrons. The Morgan fingerprint density at radius 2 is 1.79 bits per heavy atom. The minimum absolute atomic E-state index is 0.0962. The van der Waals surface area contributed by atoms with E-state index in [-0.39, 0.29) is 11.6 Å². The number of pyridine rings is 1. The van der Waals surface area contributed by atoms with Gasteiger partial charge in [0.05, 0.1) is 16.8 Å². The van der Waals surface area contributed by atoms with Crippen LogP contribution in [-0.4, -0.2) is 23.0 Å². The first kappa shape index (κ1) is 19.9. The van der Waals surface area contributed by atoms with E-state index in [0.717, 1.165) is 22.4 Å². The van der Waals surface area contributed by atoms with Gasteiger partial charge in [0.2, 0.25) is 5.91 Å². The van der Waals surface area contributed by atoms with Gasteiger partial charge in [0, 0.05) is 17.8 Å². The number of hydrogen-bond donors (Lipinski definition) is 2. The fraction of sp³-hybridized carbons (Fsp3) is 0.350. The lowest BCUT2D eigenvalue weighted by Gasteiger charge is -2.16. The maximum Gasteiger partial charge on any atom is 0.471 e. The second-order valence-electron chi connectivity index (χ2n) is 7.50. The molecule has 1 aliphatic heterocycles. The molecular weight excluding hydrogens is 371 g/mol. The second kappa shape index (κ2) is 6.61. The fourth-order valence-corrected chi connectivity index (χ4v) is 3.29. The normalized spacial score (nSPS) is 15.2. The van der Waals surface area contributed by atoms with Crippen molar-refractivity contribution < 1.29 is 22.8 Å². The first-order valence-corrected chi connectivity index (χ1v) is 8.69. The summed E-state index contributed by atoms with van der Waals surface area (Å²) < 4.78 is 37.4. The Labute approximate surface area is 160 Å². The summed E-state index contributed by atoms with van der Waals surface area (Å²) in [6.45, 7) is 7.15. The van der Waals surface area contributed by atoms with Crippen molar-refractivity contribution in [3.05, 3.63) is 52.3 Å². The average Bonchev–Trinajstić information content (AvgIpc) is 2.80. The van der Waals surface area contributed by atoms with Crippen LogP contribution in [0.25, 0.3) is 0 Å². The zero-order valence-electron chi connectivity index (χ0n) is 15.9. The molecule has 2 amide bonds. The fourth-order valence-electron chi connectivity index (χ4n) is 3.29. The highest BCUT2D eigenvalue weighted by Gasteiger charge is 2.40. The van der Waals surface area contributed by atoms with Crippen LogP contribution in [-0.2, 0) is 21.4 Å². The second-order valence-corrected chi connectivity index (χ2v) is 7.50. The van der Waals surface area contributed by atoms with Gasteiger partial charge in [-0.25, -0.2) is 0 Å². The van der Waals surface area contributed by atoms with Crippen LogP contribution in [0.4, 0.5) is 24.5 Å². The topological polar surface area (TPSA) is 71.1 Å². The molecule has 8 heteroatoms. The number of anilines is 2. The predicted molar refractivity (Wildman–Crippen MR) is 99.3 cm³/mol. The Morgan fingerprint density at radius 1 is 1.18 bits per heavy atom. The minimum Gasteiger partial charge on any atom is -0.324 e. The van der Waals surface area contributed by atoms with Gasteiger partial charge in [-0.1, -0.05) is 0 Å². The number of alkyl halides is 3. The Bertz CT molecular complexity index is 958. The van der Waals surface area contributed by atoms with E-state index < -0.39 is 17.5 Å². The summed E-state index contributed by atoms with van der Waals surface area (Å²) in [6, 6.07) is 6.65. The molecule has 2 aromatic rings. The molecule has 1 aliphatic rings. The van der Waals surface area contributed by atoms with Crippen LogP contribution in [0.3, 0.4) is 0 Å². The molecule has 3 rings (SSSR count). The molecule has 2 N–H and O–H groups in total. The molecule has 0 saturated heterocycles. The molecule has 28 heavy (non-hydrogen) atoms. The van der Waals surface area contributed by atoms with Gasteiger partial charge in [-0.05, 0) is 68.7 Å². The van der Waals surface area contributed by atoms with Gasteiger partial charge in [-0.3, -0.25) is 14.6 Å². The maximum atomic E-state index is 12.5. The third-order valence-electron chi connectivity index (χ3n) is 4.93. The summed E-state index contributed by atoms with van der Waals surface area (Å²) in [5, 5.41) is 4.68. The lowest BCUT2D eigenvalue weighted by molar-refractivity contribution is -0.167. The number of fused-ring (bicyclic) bond motifs is 1. The molecule has 0 atom stereocenters. The third kappa shape index (κ3) is 3.58. The number of nitrogens with one attached hydrogen (secondary N) is 2. The van der Waals surface area contributed by atoms with Gasteiger partial charge in [-0.15, -0.1) is 0 Å². The van der Waals surface area contributed by atoms with E-state index in [4.69, 9.17) is 0 Å². The zero-order chi connectivity index (χ0) is 20.9. The molecule has 0 aliphatic carbocycles. The van der Waals surface area contributed by atoms with Crippen LogP contribution in [0.5, 0.6) is 0 Å². The van der Waals surface area contributed by atoms with Crippen LogP contribution in [0.2, 0.25) is 0 Å². The Kier molecular flexibility index (Phi) is 4.69. The van der Waals surface area contributed by atoms with Crippen LogP contribution < -0.4 is 10.6 Å². The highest BCUT2D eigenvalue weighted by Crippen LogP contribution is 2.36. The van der Waals surface area contributed by atoms with Crippen LogP contribution in [0.1, 0.15) is 41.9 Å². The van der Waals surface area contributed by atoms with E-state index in [1.165, 1.54) is 12.1 Å². The number of aryl methyl sites for hydroxylation is 2. The summed E-state index contributed by atoms with van der Waals surface area (Å²) in [7, 11) is 0. The first-order valence-electron chi connectivity index (χ1n) is 8.69. The molecule has 5 nitrogen and oxygen atoms in total. The monoisotopic (exact) mass is 391 g/mol. The molecule has 0 fully saturated rings. The smallest absolute Gasteiger partial charge is 0.324 e. The van der Waals surface area contributed by atoms with Crippen molar-refractivity contribution in [1.29, 1.82) is 0 Å². The van der Waals surface area contributed by atoms with E-state index >= 15 is 0 Å². The molecule has 1 aromatic carbocycles. The molecular formula is C20H20F3N3O2. The van der Waals surface area contributed by atoms with Gasteiger partial charge in [-0.2, -0.15) is 13.2 Å².